The number of unbranched alkanes of at least 4 members (excludes halogenated alkanes) is 1. The van der Waals surface area contributed by atoms with Crippen LogP contribution in [0.5, 0.6) is 0 Å². The van der Waals surface area contributed by atoms with E-state index in [0.717, 1.165) is 0 Å². The lowest BCUT2D eigenvalue weighted by Crippen LogP contribution is -2.55. The van der Waals surface area contributed by atoms with Gasteiger partial charge in [0.05, 0.1) is 6.61 Å². The Labute approximate surface area is 142 Å². The van der Waals surface area contributed by atoms with Crippen LogP contribution in [-0.2, 0) is 14.4 Å². The number of carbonyl (C=O) groups excluding carboxylic acids is 2. The van der Waals surface area contributed by atoms with Crippen molar-refractivity contribution in [3.63, 3.8) is 0 Å². The van der Waals surface area contributed by atoms with Gasteiger partial charge in [-0.25, -0.2) is 4.79 Å². The summed E-state index contributed by atoms with van der Waals surface area (Å²) in [6.07, 6.45) is 1.82. The van der Waals surface area contributed by atoms with Crippen LogP contribution in [0.3, 0.4) is 0 Å². The van der Waals surface area contributed by atoms with Crippen LogP contribution in [-0.4, -0.2) is 59.3 Å². The lowest BCUT2D eigenvalue weighted by Gasteiger charge is -2.23. The molecule has 0 rings (SSSR count). The summed E-state index contributed by atoms with van der Waals surface area (Å²) >= 11 is 0. The Morgan fingerprint density at radius 1 is 1.04 bits per heavy atom. The molecule has 0 aromatic rings. The van der Waals surface area contributed by atoms with Gasteiger partial charge in [0.25, 0.3) is 0 Å². The van der Waals surface area contributed by atoms with Crippen LogP contribution in [0, 0.1) is 5.92 Å². The van der Waals surface area contributed by atoms with Crippen molar-refractivity contribution in [2.45, 2.75) is 57.7 Å². The zero-order valence-electron chi connectivity index (χ0n) is 14.3. The van der Waals surface area contributed by atoms with E-state index in [1.54, 1.807) is 0 Å². The Hall–Kier alpha value is -1.71. The third-order valence-electron chi connectivity index (χ3n) is 3.44. The molecule has 0 aromatic carbocycles. The molecule has 0 aromatic heterocycles. The van der Waals surface area contributed by atoms with E-state index in [0.29, 0.717) is 25.8 Å². The topological polar surface area (TPSA) is 168 Å². The standard InChI is InChI=1S/C15H30N4O5/c1-9(2)7-12(19-13(21)10(17)8-20)14(22)18-11(15(23)24)5-3-4-6-16/h9-12,20H,3-8,16-17H2,1-2H3,(H,18,22)(H,19,21)(H,23,24)/t10-,11-,12-/m0/s1. The fourth-order valence-electron chi connectivity index (χ4n) is 2.09. The number of aliphatic hydroxyl groups is 1. The SMILES string of the molecule is CC(C)C[C@H](NC(=O)[C@@H](N)CO)C(=O)N[C@@H](CCCCN)C(=O)O. The van der Waals surface area contributed by atoms with Crippen LogP contribution < -0.4 is 22.1 Å². The van der Waals surface area contributed by atoms with Crippen molar-refractivity contribution in [1.82, 2.24) is 10.6 Å². The summed E-state index contributed by atoms with van der Waals surface area (Å²) in [5, 5.41) is 23.0. The maximum absolute atomic E-state index is 12.4. The number of hydrogen-bond acceptors (Lipinski definition) is 6. The Morgan fingerprint density at radius 2 is 1.62 bits per heavy atom. The first-order chi connectivity index (χ1) is 11.2. The van der Waals surface area contributed by atoms with E-state index in [1.807, 2.05) is 13.8 Å². The lowest BCUT2D eigenvalue weighted by atomic mass is 10.0. The minimum Gasteiger partial charge on any atom is -0.480 e. The molecule has 0 aliphatic rings. The molecule has 0 aliphatic heterocycles. The van der Waals surface area contributed by atoms with Crippen molar-refractivity contribution in [3.05, 3.63) is 0 Å². The van der Waals surface area contributed by atoms with Gasteiger partial charge < -0.3 is 32.3 Å². The Kier molecular flexibility index (Phi) is 10.9. The number of aliphatic hydroxyl groups excluding tert-OH is 1. The third-order valence-corrected chi connectivity index (χ3v) is 3.44. The second-order valence-electron chi connectivity index (χ2n) is 6.16. The molecule has 0 radical (unpaired) electrons. The molecule has 8 N–H and O–H groups in total. The van der Waals surface area contributed by atoms with Crippen LogP contribution in [0.25, 0.3) is 0 Å². The molecule has 0 saturated heterocycles. The van der Waals surface area contributed by atoms with E-state index in [9.17, 15) is 19.5 Å². The second-order valence-corrected chi connectivity index (χ2v) is 6.16. The van der Waals surface area contributed by atoms with Gasteiger partial charge in [0.2, 0.25) is 11.8 Å². The van der Waals surface area contributed by atoms with Gasteiger partial charge in [0.1, 0.15) is 18.1 Å². The highest BCUT2D eigenvalue weighted by Gasteiger charge is 2.28. The molecule has 9 heteroatoms. The number of nitrogens with one attached hydrogen (secondary N) is 2. The number of nitrogens with two attached hydrogens (primary N) is 2. The predicted molar refractivity (Wildman–Crippen MR) is 88.9 cm³/mol. The number of carboxylic acid groups (broad SMARTS) is 1. The fourth-order valence-corrected chi connectivity index (χ4v) is 2.09. The van der Waals surface area contributed by atoms with Crippen LogP contribution in [0.2, 0.25) is 0 Å². The van der Waals surface area contributed by atoms with Gasteiger partial charge in [0, 0.05) is 0 Å². The average molecular weight is 346 g/mol. The van der Waals surface area contributed by atoms with Crippen LogP contribution >= 0.6 is 0 Å². The van der Waals surface area contributed by atoms with Crippen molar-refractivity contribution in [3.8, 4) is 0 Å². The highest BCUT2D eigenvalue weighted by atomic mass is 16.4. The summed E-state index contributed by atoms with van der Waals surface area (Å²) in [5.41, 5.74) is 10.8. The highest BCUT2D eigenvalue weighted by molar-refractivity contribution is 5.91. The summed E-state index contributed by atoms with van der Waals surface area (Å²) in [4.78, 5) is 35.4. The maximum atomic E-state index is 12.4. The van der Waals surface area contributed by atoms with E-state index in [1.165, 1.54) is 0 Å². The first kappa shape index (κ1) is 22.3. The minimum absolute atomic E-state index is 0.0897. The van der Waals surface area contributed by atoms with E-state index in [-0.39, 0.29) is 12.3 Å². The maximum Gasteiger partial charge on any atom is 0.326 e. The molecular formula is C15H30N4O5. The average Bonchev–Trinajstić information content (AvgIpc) is 2.51. The van der Waals surface area contributed by atoms with Crippen molar-refractivity contribution < 1.29 is 24.6 Å². The van der Waals surface area contributed by atoms with Crippen LogP contribution in [0.4, 0.5) is 0 Å². The van der Waals surface area contributed by atoms with E-state index in [2.05, 4.69) is 10.6 Å². The fraction of sp³-hybridized carbons (Fsp3) is 0.800. The van der Waals surface area contributed by atoms with Gasteiger partial charge in [-0.1, -0.05) is 13.8 Å². The molecule has 0 bridgehead atoms. The van der Waals surface area contributed by atoms with E-state index in [4.69, 9.17) is 16.6 Å². The van der Waals surface area contributed by atoms with Crippen molar-refractivity contribution in [2.24, 2.45) is 17.4 Å². The van der Waals surface area contributed by atoms with Gasteiger partial charge in [0.15, 0.2) is 0 Å². The van der Waals surface area contributed by atoms with Gasteiger partial charge in [-0.3, -0.25) is 9.59 Å². The van der Waals surface area contributed by atoms with E-state index < -0.39 is 42.5 Å². The summed E-state index contributed by atoms with van der Waals surface area (Å²) in [6, 6.07) is -3.08. The molecule has 24 heavy (non-hydrogen) atoms. The zero-order chi connectivity index (χ0) is 18.7. The second kappa shape index (κ2) is 11.8. The highest BCUT2D eigenvalue weighted by Crippen LogP contribution is 2.07. The Bertz CT molecular complexity index is 417. The summed E-state index contributed by atoms with van der Waals surface area (Å²) in [7, 11) is 0. The monoisotopic (exact) mass is 346 g/mol. The molecule has 140 valence electrons. The van der Waals surface area contributed by atoms with Gasteiger partial charge >= 0.3 is 5.97 Å². The number of carbonyl (C=O) groups is 3. The molecule has 3 atom stereocenters. The van der Waals surface area contributed by atoms with Crippen LogP contribution in [0.1, 0.15) is 39.5 Å². The number of carboxylic acids is 1. The van der Waals surface area contributed by atoms with Crippen LogP contribution in [0.15, 0.2) is 0 Å². The molecule has 2 amide bonds. The summed E-state index contributed by atoms with van der Waals surface area (Å²) < 4.78 is 0. The molecule has 0 fully saturated rings. The Morgan fingerprint density at radius 3 is 2.08 bits per heavy atom. The van der Waals surface area contributed by atoms with Crippen molar-refractivity contribution in [1.29, 1.82) is 0 Å². The lowest BCUT2D eigenvalue weighted by molar-refractivity contribution is -0.142. The van der Waals surface area contributed by atoms with E-state index >= 15 is 0 Å². The van der Waals surface area contributed by atoms with Gasteiger partial charge in [-0.05, 0) is 38.1 Å². The number of rotatable bonds is 12. The zero-order valence-corrected chi connectivity index (χ0v) is 14.3. The molecule has 0 aliphatic carbocycles. The third kappa shape index (κ3) is 8.80. The minimum atomic E-state index is -1.14. The molecule has 0 heterocycles. The number of aliphatic carboxylic acids is 1. The Balaban J connectivity index is 4.88. The van der Waals surface area contributed by atoms with Gasteiger partial charge in [-0.15, -0.1) is 0 Å². The molecule has 0 unspecified atom stereocenters. The molecule has 0 saturated carbocycles. The largest absolute Gasteiger partial charge is 0.480 e. The first-order valence-corrected chi connectivity index (χ1v) is 8.12. The predicted octanol–water partition coefficient (Wildman–Crippen LogP) is -1.46. The first-order valence-electron chi connectivity index (χ1n) is 8.12. The summed E-state index contributed by atoms with van der Waals surface area (Å²) in [6.45, 7) is 3.65. The van der Waals surface area contributed by atoms with Crippen molar-refractivity contribution >= 4 is 17.8 Å². The summed E-state index contributed by atoms with van der Waals surface area (Å²) in [5.74, 6) is -2.29. The smallest absolute Gasteiger partial charge is 0.326 e. The number of amides is 2. The molecule has 9 nitrogen and oxygen atoms in total. The molecule has 0 spiro atoms. The van der Waals surface area contributed by atoms with Crippen molar-refractivity contribution in [2.75, 3.05) is 13.2 Å². The quantitative estimate of drug-likeness (QED) is 0.235. The molecular weight excluding hydrogens is 316 g/mol. The normalized spacial score (nSPS) is 14.8. The van der Waals surface area contributed by atoms with Gasteiger partial charge in [-0.2, -0.15) is 0 Å². The number of hydrogen-bond donors (Lipinski definition) is 6.